The van der Waals surface area contributed by atoms with Gasteiger partial charge in [0.2, 0.25) is 0 Å². The molecule has 0 aliphatic rings. The highest BCUT2D eigenvalue weighted by Crippen LogP contribution is 2.15. The van der Waals surface area contributed by atoms with Crippen LogP contribution in [-0.4, -0.2) is 18.4 Å². The summed E-state index contributed by atoms with van der Waals surface area (Å²) < 4.78 is 0. The quantitative estimate of drug-likeness (QED) is 0.833. The molecule has 0 fully saturated rings. The topological polar surface area (TPSA) is 58.2 Å². The Hall–Kier alpha value is -2.62. The van der Waals surface area contributed by atoms with Gasteiger partial charge in [0, 0.05) is 12.2 Å². The van der Waals surface area contributed by atoms with Gasteiger partial charge in [0.05, 0.1) is 0 Å². The van der Waals surface area contributed by atoms with Crippen LogP contribution in [0.2, 0.25) is 0 Å². The third-order valence-electron chi connectivity index (χ3n) is 3.39. The van der Waals surface area contributed by atoms with Gasteiger partial charge in [0.1, 0.15) is 0 Å². The van der Waals surface area contributed by atoms with Crippen LogP contribution in [0.15, 0.2) is 54.6 Å². The molecule has 0 saturated heterocycles. The number of rotatable bonds is 5. The number of hydrogen-bond donors (Lipinski definition) is 2. The van der Waals surface area contributed by atoms with Gasteiger partial charge in [-0.2, -0.15) is 0 Å². The minimum atomic E-state index is -0.631. The van der Waals surface area contributed by atoms with Gasteiger partial charge in [-0.25, -0.2) is 0 Å². The molecular formula is C18H20N2O2. The molecule has 0 radical (unpaired) electrons. The van der Waals surface area contributed by atoms with Gasteiger partial charge in [-0.05, 0) is 30.0 Å². The van der Waals surface area contributed by atoms with Crippen LogP contribution >= 0.6 is 0 Å². The molecule has 0 aliphatic carbocycles. The predicted molar refractivity (Wildman–Crippen MR) is 87.6 cm³/mol. The maximum absolute atomic E-state index is 11.9. The lowest BCUT2D eigenvalue weighted by Crippen LogP contribution is -2.36. The summed E-state index contributed by atoms with van der Waals surface area (Å²) in [5, 5.41) is 5.30. The molecule has 114 valence electrons. The van der Waals surface area contributed by atoms with Gasteiger partial charge in [-0.15, -0.1) is 0 Å². The number of hydrogen-bond acceptors (Lipinski definition) is 2. The number of carbonyl (C=O) groups excluding carboxylic acids is 2. The van der Waals surface area contributed by atoms with Crippen molar-refractivity contribution in [3.63, 3.8) is 0 Å². The molecule has 0 saturated carbocycles. The normalized spacial score (nSPS) is 10.0. The van der Waals surface area contributed by atoms with Crippen molar-refractivity contribution >= 4 is 17.5 Å². The lowest BCUT2D eigenvalue weighted by Gasteiger charge is -2.09. The van der Waals surface area contributed by atoms with Gasteiger partial charge in [0.15, 0.2) is 0 Å². The highest BCUT2D eigenvalue weighted by Gasteiger charge is 2.14. The van der Waals surface area contributed by atoms with Gasteiger partial charge in [-0.3, -0.25) is 9.59 Å². The summed E-state index contributed by atoms with van der Waals surface area (Å²) >= 11 is 0. The molecule has 0 atom stereocenters. The zero-order chi connectivity index (χ0) is 15.8. The standard InChI is InChI=1S/C18H20N2O2/c1-2-15-10-6-7-11-16(15)20-18(22)17(21)19-13-12-14-8-4-3-5-9-14/h3-11H,2,12-13H2,1H3,(H,19,21)(H,20,22). The predicted octanol–water partition coefficient (Wildman–Crippen LogP) is 2.55. The highest BCUT2D eigenvalue weighted by atomic mass is 16.2. The average molecular weight is 296 g/mol. The van der Waals surface area contributed by atoms with Crippen molar-refractivity contribution in [1.82, 2.24) is 5.32 Å². The first kappa shape index (κ1) is 15.8. The van der Waals surface area contributed by atoms with Gasteiger partial charge in [-0.1, -0.05) is 55.5 Å². The second-order valence-corrected chi connectivity index (χ2v) is 4.96. The SMILES string of the molecule is CCc1ccccc1NC(=O)C(=O)NCCc1ccccc1. The Balaban J connectivity index is 1.83. The summed E-state index contributed by atoms with van der Waals surface area (Å²) in [5.74, 6) is -1.24. The monoisotopic (exact) mass is 296 g/mol. The summed E-state index contributed by atoms with van der Waals surface area (Å²) in [6.07, 6.45) is 1.50. The Morgan fingerprint density at radius 2 is 1.59 bits per heavy atom. The molecule has 0 aromatic heterocycles. The number of amides is 2. The number of para-hydroxylation sites is 1. The smallest absolute Gasteiger partial charge is 0.313 e. The molecule has 4 heteroatoms. The molecule has 0 aliphatic heterocycles. The van der Waals surface area contributed by atoms with E-state index in [4.69, 9.17) is 0 Å². The molecule has 2 rings (SSSR count). The molecular weight excluding hydrogens is 276 g/mol. The van der Waals surface area contributed by atoms with Gasteiger partial charge < -0.3 is 10.6 Å². The van der Waals surface area contributed by atoms with Crippen LogP contribution in [0.4, 0.5) is 5.69 Å². The molecule has 2 amide bonds. The highest BCUT2D eigenvalue weighted by molar-refractivity contribution is 6.39. The maximum atomic E-state index is 11.9. The fourth-order valence-electron chi connectivity index (χ4n) is 2.17. The van der Waals surface area contributed by atoms with Crippen molar-refractivity contribution in [3.8, 4) is 0 Å². The number of carbonyl (C=O) groups is 2. The average Bonchev–Trinajstić information content (AvgIpc) is 2.56. The first-order chi connectivity index (χ1) is 10.7. The number of anilines is 1. The molecule has 0 bridgehead atoms. The second kappa shape index (κ2) is 7.98. The van der Waals surface area contributed by atoms with E-state index in [9.17, 15) is 9.59 Å². The Bertz CT molecular complexity index is 639. The Morgan fingerprint density at radius 3 is 2.32 bits per heavy atom. The van der Waals surface area contributed by atoms with E-state index in [-0.39, 0.29) is 0 Å². The van der Waals surface area contributed by atoms with Crippen molar-refractivity contribution in [2.75, 3.05) is 11.9 Å². The van der Waals surface area contributed by atoms with Crippen LogP contribution in [-0.2, 0) is 22.4 Å². The first-order valence-electron chi connectivity index (χ1n) is 7.41. The fraction of sp³-hybridized carbons (Fsp3) is 0.222. The fourth-order valence-corrected chi connectivity index (χ4v) is 2.17. The Morgan fingerprint density at radius 1 is 0.909 bits per heavy atom. The molecule has 2 aromatic carbocycles. The van der Waals surface area contributed by atoms with Crippen LogP contribution in [0.5, 0.6) is 0 Å². The number of nitrogens with one attached hydrogen (secondary N) is 2. The Kier molecular flexibility index (Phi) is 5.72. The summed E-state index contributed by atoms with van der Waals surface area (Å²) in [7, 11) is 0. The lowest BCUT2D eigenvalue weighted by molar-refractivity contribution is -0.136. The minimum absolute atomic E-state index is 0.436. The van der Waals surface area contributed by atoms with E-state index in [1.165, 1.54) is 0 Å². The number of benzene rings is 2. The molecule has 2 N–H and O–H groups in total. The molecule has 0 spiro atoms. The molecule has 0 heterocycles. The summed E-state index contributed by atoms with van der Waals surface area (Å²) in [4.78, 5) is 23.7. The minimum Gasteiger partial charge on any atom is -0.347 e. The third-order valence-corrected chi connectivity index (χ3v) is 3.39. The second-order valence-electron chi connectivity index (χ2n) is 4.96. The van der Waals surface area contributed by atoms with E-state index >= 15 is 0 Å². The Labute approximate surface area is 130 Å². The number of aryl methyl sites for hydroxylation is 1. The van der Waals surface area contributed by atoms with Crippen LogP contribution < -0.4 is 10.6 Å². The summed E-state index contributed by atoms with van der Waals surface area (Å²) in [6.45, 7) is 2.44. The van der Waals surface area contributed by atoms with E-state index in [1.54, 1.807) is 6.07 Å². The molecule has 2 aromatic rings. The van der Waals surface area contributed by atoms with Crippen LogP contribution in [0.25, 0.3) is 0 Å². The van der Waals surface area contributed by atoms with Crippen molar-refractivity contribution in [3.05, 3.63) is 65.7 Å². The van der Waals surface area contributed by atoms with Crippen molar-refractivity contribution in [2.24, 2.45) is 0 Å². The van der Waals surface area contributed by atoms with Crippen molar-refractivity contribution < 1.29 is 9.59 Å². The zero-order valence-electron chi connectivity index (χ0n) is 12.6. The van der Waals surface area contributed by atoms with Crippen LogP contribution in [0.3, 0.4) is 0 Å². The molecule has 22 heavy (non-hydrogen) atoms. The lowest BCUT2D eigenvalue weighted by atomic mass is 10.1. The van der Waals surface area contributed by atoms with Crippen molar-refractivity contribution in [1.29, 1.82) is 0 Å². The van der Waals surface area contributed by atoms with Crippen LogP contribution in [0, 0.1) is 0 Å². The van der Waals surface area contributed by atoms with E-state index in [2.05, 4.69) is 10.6 Å². The largest absolute Gasteiger partial charge is 0.347 e. The summed E-state index contributed by atoms with van der Waals surface area (Å²) in [5.41, 5.74) is 2.82. The van der Waals surface area contributed by atoms with Gasteiger partial charge in [0.25, 0.3) is 0 Å². The zero-order valence-corrected chi connectivity index (χ0v) is 12.6. The molecule has 0 unspecified atom stereocenters. The van der Waals surface area contributed by atoms with E-state index in [0.717, 1.165) is 17.5 Å². The third kappa shape index (κ3) is 4.45. The van der Waals surface area contributed by atoms with E-state index in [1.807, 2.05) is 55.5 Å². The van der Waals surface area contributed by atoms with E-state index < -0.39 is 11.8 Å². The van der Waals surface area contributed by atoms with Crippen molar-refractivity contribution in [2.45, 2.75) is 19.8 Å². The maximum Gasteiger partial charge on any atom is 0.313 e. The molecule has 4 nitrogen and oxygen atoms in total. The first-order valence-corrected chi connectivity index (χ1v) is 7.41. The summed E-state index contributed by atoms with van der Waals surface area (Å²) in [6, 6.07) is 17.3. The van der Waals surface area contributed by atoms with Crippen LogP contribution in [0.1, 0.15) is 18.1 Å². The van der Waals surface area contributed by atoms with Gasteiger partial charge >= 0.3 is 11.8 Å². The van der Waals surface area contributed by atoms with E-state index in [0.29, 0.717) is 18.7 Å².